The van der Waals surface area contributed by atoms with Crippen LogP contribution in [0, 0.1) is 11.6 Å². The van der Waals surface area contributed by atoms with E-state index in [1.54, 1.807) is 0 Å². The minimum atomic E-state index is -0.920. The van der Waals surface area contributed by atoms with Gasteiger partial charge in [-0.05, 0) is 45.9 Å². The van der Waals surface area contributed by atoms with Gasteiger partial charge in [0.1, 0.15) is 0 Å². The maximum atomic E-state index is 13.2. The summed E-state index contributed by atoms with van der Waals surface area (Å²) < 4.78 is 31.2. The van der Waals surface area contributed by atoms with E-state index >= 15 is 0 Å². The van der Waals surface area contributed by atoms with Crippen LogP contribution >= 0.6 is 0 Å². The molecule has 1 rings (SSSR count). The molecule has 96 valence electrons. The first-order valence-corrected chi connectivity index (χ1v) is 5.72. The highest BCUT2D eigenvalue weighted by Gasteiger charge is 2.09. The van der Waals surface area contributed by atoms with Gasteiger partial charge in [0.15, 0.2) is 11.6 Å². The molecule has 1 N–H and O–H groups in total. The molecule has 4 heteroatoms. The average molecular weight is 243 g/mol. The Bertz CT molecular complexity index is 361. The molecule has 0 aliphatic rings. The number of hydrogen-bond acceptors (Lipinski definition) is 2. The van der Waals surface area contributed by atoms with Crippen molar-refractivity contribution in [3.8, 4) is 5.75 Å². The standard InChI is InChI=1S/C13H19F2NO/c1-13(2,3)16-8-5-9-17-11-7-4-6-10(14)12(11)15/h4,6-7,16H,5,8-9H2,1-3H3. The molecule has 2 nitrogen and oxygen atoms in total. The third-order valence-corrected chi connectivity index (χ3v) is 2.15. The summed E-state index contributed by atoms with van der Waals surface area (Å²) in [6.07, 6.45) is 0.743. The highest BCUT2D eigenvalue weighted by molar-refractivity contribution is 5.24. The smallest absolute Gasteiger partial charge is 0.200 e. The molecule has 0 aliphatic heterocycles. The fourth-order valence-corrected chi connectivity index (χ4v) is 1.31. The summed E-state index contributed by atoms with van der Waals surface area (Å²) in [6.45, 7) is 7.35. The Kier molecular flexibility index (Phi) is 4.87. The van der Waals surface area contributed by atoms with E-state index in [2.05, 4.69) is 26.1 Å². The van der Waals surface area contributed by atoms with Crippen molar-refractivity contribution in [3.05, 3.63) is 29.8 Å². The number of rotatable bonds is 5. The third-order valence-electron chi connectivity index (χ3n) is 2.15. The zero-order valence-corrected chi connectivity index (χ0v) is 10.5. The van der Waals surface area contributed by atoms with E-state index in [0.717, 1.165) is 19.0 Å². The Morgan fingerprint density at radius 2 is 1.94 bits per heavy atom. The summed E-state index contributed by atoms with van der Waals surface area (Å²) in [6, 6.07) is 3.93. The second-order valence-corrected chi connectivity index (χ2v) is 4.93. The molecular weight excluding hydrogens is 224 g/mol. The number of ether oxygens (including phenoxy) is 1. The van der Waals surface area contributed by atoms with Crippen LogP contribution in [0.1, 0.15) is 27.2 Å². The fourth-order valence-electron chi connectivity index (χ4n) is 1.31. The summed E-state index contributed by atoms with van der Waals surface area (Å²) in [5, 5.41) is 3.29. The molecule has 1 aromatic rings. The van der Waals surface area contributed by atoms with E-state index in [4.69, 9.17) is 4.74 Å². The van der Waals surface area contributed by atoms with Crippen molar-refractivity contribution in [3.63, 3.8) is 0 Å². The van der Waals surface area contributed by atoms with Crippen LogP contribution in [0.4, 0.5) is 8.78 Å². The maximum absolute atomic E-state index is 13.2. The maximum Gasteiger partial charge on any atom is 0.200 e. The zero-order chi connectivity index (χ0) is 12.9. The summed E-state index contributed by atoms with van der Waals surface area (Å²) in [7, 11) is 0. The third kappa shape index (κ3) is 5.13. The van der Waals surface area contributed by atoms with Crippen LogP contribution in [0.5, 0.6) is 5.75 Å². The summed E-state index contributed by atoms with van der Waals surface area (Å²) in [5.41, 5.74) is 0.0596. The van der Waals surface area contributed by atoms with Crippen molar-refractivity contribution < 1.29 is 13.5 Å². The van der Waals surface area contributed by atoms with Crippen LogP contribution in [0.15, 0.2) is 18.2 Å². The van der Waals surface area contributed by atoms with Gasteiger partial charge in [-0.2, -0.15) is 4.39 Å². The number of hydrogen-bond donors (Lipinski definition) is 1. The molecule has 1 aromatic carbocycles. The molecule has 0 heterocycles. The van der Waals surface area contributed by atoms with E-state index in [1.165, 1.54) is 12.1 Å². The summed E-state index contributed by atoms with van der Waals surface area (Å²) in [4.78, 5) is 0. The van der Waals surface area contributed by atoms with Crippen molar-refractivity contribution in [2.75, 3.05) is 13.2 Å². The molecule has 0 atom stereocenters. The van der Waals surface area contributed by atoms with Gasteiger partial charge in [0.2, 0.25) is 5.82 Å². The van der Waals surface area contributed by atoms with Crippen molar-refractivity contribution in [1.29, 1.82) is 0 Å². The molecule has 0 spiro atoms. The Morgan fingerprint density at radius 1 is 1.24 bits per heavy atom. The number of nitrogens with one attached hydrogen (secondary N) is 1. The average Bonchev–Trinajstić information content (AvgIpc) is 2.22. The van der Waals surface area contributed by atoms with E-state index in [0.29, 0.717) is 6.61 Å². The topological polar surface area (TPSA) is 21.3 Å². The van der Waals surface area contributed by atoms with Crippen molar-refractivity contribution in [1.82, 2.24) is 5.32 Å². The molecule has 0 bridgehead atoms. The minimum absolute atomic E-state index is 0.0271. The first-order valence-electron chi connectivity index (χ1n) is 5.72. The first kappa shape index (κ1) is 13.9. The molecule has 0 radical (unpaired) electrons. The Labute approximate surface area is 101 Å². The van der Waals surface area contributed by atoms with Crippen LogP contribution in [0.3, 0.4) is 0 Å². The zero-order valence-electron chi connectivity index (χ0n) is 10.5. The predicted molar refractivity (Wildman–Crippen MR) is 64.2 cm³/mol. The molecule has 0 saturated heterocycles. The Morgan fingerprint density at radius 3 is 2.59 bits per heavy atom. The number of halogens is 2. The predicted octanol–water partition coefficient (Wildman–Crippen LogP) is 3.12. The van der Waals surface area contributed by atoms with Crippen molar-refractivity contribution in [2.24, 2.45) is 0 Å². The summed E-state index contributed by atoms with van der Waals surface area (Å²) in [5.74, 6) is -1.83. The van der Waals surface area contributed by atoms with Gasteiger partial charge >= 0.3 is 0 Å². The van der Waals surface area contributed by atoms with Crippen LogP contribution in [-0.4, -0.2) is 18.7 Å². The fraction of sp³-hybridized carbons (Fsp3) is 0.538. The Balaban J connectivity index is 2.29. The van der Waals surface area contributed by atoms with E-state index < -0.39 is 11.6 Å². The lowest BCUT2D eigenvalue weighted by Gasteiger charge is -2.20. The highest BCUT2D eigenvalue weighted by atomic mass is 19.2. The second kappa shape index (κ2) is 5.96. The van der Waals surface area contributed by atoms with Gasteiger partial charge in [0.05, 0.1) is 6.61 Å². The van der Waals surface area contributed by atoms with Gasteiger partial charge in [-0.3, -0.25) is 0 Å². The molecule has 0 fully saturated rings. The largest absolute Gasteiger partial charge is 0.490 e. The molecule has 0 amide bonds. The van der Waals surface area contributed by atoms with Gasteiger partial charge in [-0.1, -0.05) is 6.07 Å². The van der Waals surface area contributed by atoms with Crippen LogP contribution < -0.4 is 10.1 Å². The lowest BCUT2D eigenvalue weighted by atomic mass is 10.1. The lowest BCUT2D eigenvalue weighted by molar-refractivity contribution is 0.281. The van der Waals surface area contributed by atoms with Gasteiger partial charge in [-0.25, -0.2) is 4.39 Å². The van der Waals surface area contributed by atoms with E-state index in [1.807, 2.05) is 0 Å². The Hall–Kier alpha value is -1.16. The van der Waals surface area contributed by atoms with E-state index in [9.17, 15) is 8.78 Å². The molecule has 0 unspecified atom stereocenters. The SMILES string of the molecule is CC(C)(C)NCCCOc1cccc(F)c1F. The van der Waals surface area contributed by atoms with Gasteiger partial charge in [0.25, 0.3) is 0 Å². The molecular formula is C13H19F2NO. The van der Waals surface area contributed by atoms with Crippen LogP contribution in [0.2, 0.25) is 0 Å². The van der Waals surface area contributed by atoms with Crippen molar-refractivity contribution in [2.45, 2.75) is 32.7 Å². The van der Waals surface area contributed by atoms with Crippen molar-refractivity contribution >= 4 is 0 Å². The molecule has 0 aliphatic carbocycles. The van der Waals surface area contributed by atoms with E-state index in [-0.39, 0.29) is 11.3 Å². The minimum Gasteiger partial charge on any atom is -0.490 e. The van der Waals surface area contributed by atoms with Crippen LogP contribution in [-0.2, 0) is 0 Å². The normalized spacial score (nSPS) is 11.6. The molecule has 0 aromatic heterocycles. The molecule has 0 saturated carbocycles. The summed E-state index contributed by atoms with van der Waals surface area (Å²) >= 11 is 0. The number of benzene rings is 1. The lowest BCUT2D eigenvalue weighted by Crippen LogP contribution is -2.36. The molecule has 17 heavy (non-hydrogen) atoms. The first-order chi connectivity index (χ1) is 7.90. The van der Waals surface area contributed by atoms with Crippen LogP contribution in [0.25, 0.3) is 0 Å². The van der Waals surface area contributed by atoms with Gasteiger partial charge in [0, 0.05) is 5.54 Å². The monoisotopic (exact) mass is 243 g/mol. The van der Waals surface area contributed by atoms with Gasteiger partial charge in [-0.15, -0.1) is 0 Å². The van der Waals surface area contributed by atoms with Gasteiger partial charge < -0.3 is 10.1 Å². The highest BCUT2D eigenvalue weighted by Crippen LogP contribution is 2.18. The second-order valence-electron chi connectivity index (χ2n) is 4.93. The quantitative estimate of drug-likeness (QED) is 0.802.